The van der Waals surface area contributed by atoms with Gasteiger partial charge in [-0.3, -0.25) is 0 Å². The van der Waals surface area contributed by atoms with E-state index in [-0.39, 0.29) is 0 Å². The van der Waals surface area contributed by atoms with Crippen LogP contribution in [-0.2, 0) is 0 Å². The quantitative estimate of drug-likeness (QED) is 0.563. The van der Waals surface area contributed by atoms with Crippen LogP contribution in [0.4, 0.5) is 11.7 Å². The van der Waals surface area contributed by atoms with E-state index in [0.29, 0.717) is 0 Å². The molecule has 1 radical (unpaired) electrons. The fraction of sp³-hybridized carbons (Fsp3) is 1.00. The van der Waals surface area contributed by atoms with Crippen LogP contribution >= 0.6 is 10.3 Å². The van der Waals surface area contributed by atoms with Gasteiger partial charge in [-0.25, -0.2) is 0 Å². The number of hydrogen-bond acceptors (Lipinski definition) is 0. The van der Waals surface area contributed by atoms with Crippen LogP contribution in [0, 0.1) is 0 Å². The molecule has 0 aromatic carbocycles. The molecule has 8 heavy (non-hydrogen) atoms. The molecule has 0 aromatic heterocycles. The van der Waals surface area contributed by atoms with Crippen LogP contribution < -0.4 is 0 Å². The van der Waals surface area contributed by atoms with Crippen LogP contribution in [0.5, 0.6) is 0 Å². The maximum absolute atomic E-state index is 12.0. The fourth-order valence-electron chi connectivity index (χ4n) is 0.204. The van der Waals surface area contributed by atoms with E-state index in [1.807, 2.05) is 0 Å². The molecule has 0 nitrogen and oxygen atoms in total. The normalized spacial score (nSPS) is 17.4. The monoisotopic (exact) mass is 147 g/mol. The molecule has 53 valence electrons. The molecule has 0 unspecified atom stereocenters. The maximum atomic E-state index is 12.0. The molecular weight excluding hydrogens is 137 g/mol. The zero-order valence-electron chi connectivity index (χ0n) is 4.96. The molecule has 0 spiro atoms. The summed E-state index contributed by atoms with van der Waals surface area (Å²) in [6.07, 6.45) is 0. The summed E-state index contributed by atoms with van der Waals surface area (Å²) in [5.74, 6) is -1.26. The smallest absolute Gasteiger partial charge is 0.120 e. The third-order valence-electron chi connectivity index (χ3n) is 1.06. The highest BCUT2D eigenvalue weighted by Crippen LogP contribution is 2.73. The second-order valence-corrected chi connectivity index (χ2v) is 4.83. The fourth-order valence-corrected chi connectivity index (χ4v) is 0.612. The van der Waals surface area contributed by atoms with Gasteiger partial charge < -0.3 is 0 Å². The molecule has 0 rings (SSSR count). The van der Waals surface area contributed by atoms with Gasteiger partial charge in [-0.15, -0.1) is 11.7 Å². The second-order valence-electron chi connectivity index (χ2n) is 1.61. The van der Waals surface area contributed by atoms with E-state index >= 15 is 0 Å². The van der Waals surface area contributed by atoms with Crippen LogP contribution in [0.2, 0.25) is 0 Å². The molecule has 0 aromatic rings. The van der Waals surface area contributed by atoms with Crippen molar-refractivity contribution in [2.75, 3.05) is 11.5 Å². The maximum Gasteiger partial charge on any atom is 0.120 e. The summed E-state index contributed by atoms with van der Waals surface area (Å²) in [4.78, 5) is 0. The van der Waals surface area contributed by atoms with Crippen LogP contribution in [-0.4, -0.2) is 11.5 Å². The van der Waals surface area contributed by atoms with Gasteiger partial charge in [0.15, 0.2) is 0 Å². The van der Waals surface area contributed by atoms with Crippen molar-refractivity contribution in [3.63, 3.8) is 0 Å². The van der Waals surface area contributed by atoms with Gasteiger partial charge in [-0.2, -0.15) is 0 Å². The van der Waals surface area contributed by atoms with Crippen molar-refractivity contribution >= 4 is 10.3 Å². The van der Waals surface area contributed by atoms with Crippen LogP contribution in [0.25, 0.3) is 0 Å². The van der Waals surface area contributed by atoms with E-state index in [4.69, 9.17) is 0 Å². The predicted molar refractivity (Wildman–Crippen MR) is 32.0 cm³/mol. The third-order valence-corrected chi connectivity index (χ3v) is 3.19. The van der Waals surface area contributed by atoms with Gasteiger partial charge in [0.25, 0.3) is 0 Å². The molecule has 0 fully saturated rings. The molecule has 0 aliphatic heterocycles. The van der Waals surface area contributed by atoms with Gasteiger partial charge in [0.1, 0.15) is 10.3 Å². The lowest BCUT2D eigenvalue weighted by molar-refractivity contribution is 0.592. The van der Waals surface area contributed by atoms with Gasteiger partial charge in [-0.1, -0.05) is 13.8 Å². The Hall–Kier alpha value is 0.140. The van der Waals surface area contributed by atoms with E-state index in [1.165, 1.54) is 13.8 Å². The van der Waals surface area contributed by atoms with Crippen molar-refractivity contribution in [2.45, 2.75) is 13.8 Å². The molecule has 0 aliphatic carbocycles. The largest absolute Gasteiger partial charge is 0.140 e. The summed E-state index contributed by atoms with van der Waals surface area (Å²) in [7, 11) is -5.38. The Morgan fingerprint density at radius 2 is 1.25 bits per heavy atom. The van der Waals surface area contributed by atoms with E-state index in [2.05, 4.69) is 0 Å². The molecule has 0 amide bonds. The van der Waals surface area contributed by atoms with E-state index in [9.17, 15) is 11.7 Å². The van der Waals surface area contributed by atoms with Gasteiger partial charge in [0.05, 0.1) is 0 Å². The van der Waals surface area contributed by atoms with E-state index < -0.39 is 21.8 Å². The summed E-state index contributed by atoms with van der Waals surface area (Å²) < 4.78 is 36.0. The third kappa shape index (κ3) is 2.45. The molecule has 0 bridgehead atoms. The number of halogens is 3. The molecule has 4 heteroatoms. The summed E-state index contributed by atoms with van der Waals surface area (Å²) in [6.45, 7) is 2.34. The van der Waals surface area contributed by atoms with E-state index in [1.54, 1.807) is 0 Å². The van der Waals surface area contributed by atoms with Crippen molar-refractivity contribution in [3.8, 4) is 0 Å². The molecule has 0 saturated carbocycles. The molecule has 0 saturated heterocycles. The van der Waals surface area contributed by atoms with Gasteiger partial charge in [0, 0.05) is 11.5 Å². The summed E-state index contributed by atoms with van der Waals surface area (Å²) in [6, 6.07) is 0. The van der Waals surface area contributed by atoms with Crippen molar-refractivity contribution in [1.82, 2.24) is 0 Å². The first-order chi connectivity index (χ1) is 3.39. The van der Waals surface area contributed by atoms with Crippen LogP contribution in [0.15, 0.2) is 0 Å². The highest BCUT2D eigenvalue weighted by atomic mass is 32.4. The van der Waals surface area contributed by atoms with Crippen molar-refractivity contribution in [2.24, 2.45) is 0 Å². The second kappa shape index (κ2) is 1.83. The Labute approximate surface area is 48.2 Å². The minimum atomic E-state index is -5.38. The van der Waals surface area contributed by atoms with Crippen LogP contribution in [0.1, 0.15) is 13.8 Å². The minimum absolute atomic E-state index is 0.631. The van der Waals surface area contributed by atoms with Gasteiger partial charge in [-0.05, 0) is 0 Å². The summed E-state index contributed by atoms with van der Waals surface area (Å²) >= 11 is 0. The Balaban J connectivity index is 3.99. The van der Waals surface area contributed by atoms with Crippen LogP contribution in [0.3, 0.4) is 0 Å². The van der Waals surface area contributed by atoms with Crippen molar-refractivity contribution in [1.29, 1.82) is 0 Å². The lowest BCUT2D eigenvalue weighted by Crippen LogP contribution is -2.03. The minimum Gasteiger partial charge on any atom is -0.140 e. The number of rotatable bonds is 2. The number of hydrogen-bond donors (Lipinski definition) is 0. The molecule has 0 N–H and O–H groups in total. The average molecular weight is 147 g/mol. The lowest BCUT2D eigenvalue weighted by atomic mass is 11.0. The Morgan fingerprint density at radius 1 is 1.00 bits per heavy atom. The first kappa shape index (κ1) is 8.14. The zero-order valence-corrected chi connectivity index (χ0v) is 5.77. The SMILES string of the molecule is CC[S](F)(F)(F)CC. The van der Waals surface area contributed by atoms with E-state index in [0.717, 1.165) is 0 Å². The summed E-state index contributed by atoms with van der Waals surface area (Å²) in [5, 5.41) is 0. The summed E-state index contributed by atoms with van der Waals surface area (Å²) in [5.41, 5.74) is 0. The lowest BCUT2D eigenvalue weighted by Gasteiger charge is -2.31. The Bertz CT molecular complexity index is 75.0. The predicted octanol–water partition coefficient (Wildman–Crippen LogP) is 3.02. The Morgan fingerprint density at radius 3 is 1.25 bits per heavy atom. The zero-order chi connectivity index (χ0) is 6.86. The van der Waals surface area contributed by atoms with Crippen molar-refractivity contribution in [3.05, 3.63) is 0 Å². The first-order valence-electron chi connectivity index (χ1n) is 2.45. The van der Waals surface area contributed by atoms with Gasteiger partial charge >= 0.3 is 0 Å². The highest BCUT2D eigenvalue weighted by molar-refractivity contribution is 8.37. The standard InChI is InChI=1S/C4H10F3S/c1-3-8(5,6,7)4-2/h3-4H2,1-2H3. The topological polar surface area (TPSA) is 0 Å². The molecule has 0 aliphatic rings. The van der Waals surface area contributed by atoms with Crippen molar-refractivity contribution < 1.29 is 11.7 Å². The molecule has 0 atom stereocenters. The molecular formula is C4H10F3S. The molecule has 0 heterocycles. The highest BCUT2D eigenvalue weighted by Gasteiger charge is 2.37. The van der Waals surface area contributed by atoms with Gasteiger partial charge in [0.2, 0.25) is 0 Å². The first-order valence-corrected chi connectivity index (χ1v) is 4.53. The Kier molecular flexibility index (Phi) is 1.86. The average Bonchev–Trinajstić information content (AvgIpc) is 1.68.